The first-order valence-electron chi connectivity index (χ1n) is 7.86. The van der Waals surface area contributed by atoms with Gasteiger partial charge in [-0.2, -0.15) is 0 Å². The molecule has 2 rings (SSSR count). The quantitative estimate of drug-likeness (QED) is 0.493. The van der Waals surface area contributed by atoms with Crippen LogP contribution in [0.5, 0.6) is 0 Å². The third-order valence-corrected chi connectivity index (χ3v) is 3.87. The fraction of sp³-hybridized carbons (Fsp3) is 0.562. The third-order valence-electron chi connectivity index (χ3n) is 3.87. The van der Waals surface area contributed by atoms with Crippen molar-refractivity contribution in [3.8, 4) is 0 Å². The summed E-state index contributed by atoms with van der Waals surface area (Å²) in [5.74, 6) is 0. The minimum Gasteiger partial charge on any atom is -0.450 e. The minimum absolute atomic E-state index is 0.0206. The van der Waals surface area contributed by atoms with E-state index >= 15 is 0 Å². The number of carbonyl (C=O) groups excluding carboxylic acids is 1. The number of carbonyl (C=O) groups is 1. The molecule has 7 nitrogen and oxygen atoms in total. The molecule has 7 heteroatoms. The summed E-state index contributed by atoms with van der Waals surface area (Å²) < 4.78 is 10.9. The molecule has 0 aromatic heterocycles. The van der Waals surface area contributed by atoms with E-state index in [1.54, 1.807) is 6.92 Å². The fourth-order valence-electron chi connectivity index (χ4n) is 2.74. The molecule has 0 spiro atoms. The lowest BCUT2D eigenvalue weighted by Crippen LogP contribution is -2.48. The predicted octanol–water partition coefficient (Wildman–Crippen LogP) is 3.55. The Labute approximate surface area is 135 Å². The van der Waals surface area contributed by atoms with Gasteiger partial charge in [0.25, 0.3) is 0 Å². The summed E-state index contributed by atoms with van der Waals surface area (Å²) in [6.07, 6.45) is 1.62. The molecule has 1 aliphatic rings. The Morgan fingerprint density at radius 1 is 1.39 bits per heavy atom. The smallest absolute Gasteiger partial charge is 0.407 e. The number of nitrogens with zero attached hydrogens (tertiary/aromatic N) is 3. The maximum Gasteiger partial charge on any atom is 0.407 e. The van der Waals surface area contributed by atoms with Crippen LogP contribution in [0.4, 0.5) is 4.79 Å². The second-order valence-corrected chi connectivity index (χ2v) is 5.48. The van der Waals surface area contributed by atoms with Gasteiger partial charge in [0.15, 0.2) is 0 Å². The van der Waals surface area contributed by atoms with Gasteiger partial charge in [0.1, 0.15) is 0 Å². The molecule has 1 N–H and O–H groups in total. The normalized spacial score (nSPS) is 23.6. The van der Waals surface area contributed by atoms with Crippen LogP contribution in [0.2, 0.25) is 0 Å². The van der Waals surface area contributed by atoms with Crippen LogP contribution in [-0.2, 0) is 16.1 Å². The topological polar surface area (TPSA) is 96.3 Å². The van der Waals surface area contributed by atoms with E-state index in [0.29, 0.717) is 26.1 Å². The molecule has 0 radical (unpaired) electrons. The van der Waals surface area contributed by atoms with E-state index in [1.807, 2.05) is 30.3 Å². The van der Waals surface area contributed by atoms with Crippen molar-refractivity contribution in [2.24, 2.45) is 5.11 Å². The molecule has 3 atom stereocenters. The zero-order valence-corrected chi connectivity index (χ0v) is 13.2. The van der Waals surface area contributed by atoms with Gasteiger partial charge in [-0.15, -0.1) is 0 Å². The molecule has 0 bridgehead atoms. The van der Waals surface area contributed by atoms with Crippen molar-refractivity contribution in [2.45, 2.75) is 51.0 Å². The van der Waals surface area contributed by atoms with Gasteiger partial charge in [-0.25, -0.2) is 4.79 Å². The van der Waals surface area contributed by atoms with Gasteiger partial charge in [-0.1, -0.05) is 35.4 Å². The average molecular weight is 318 g/mol. The van der Waals surface area contributed by atoms with Gasteiger partial charge in [-0.05, 0) is 37.3 Å². The van der Waals surface area contributed by atoms with Crippen LogP contribution in [0, 0.1) is 0 Å². The summed E-state index contributed by atoms with van der Waals surface area (Å²) in [5.41, 5.74) is 9.79. The maximum absolute atomic E-state index is 11.6. The van der Waals surface area contributed by atoms with Crippen LogP contribution in [0.3, 0.4) is 0 Å². The highest BCUT2D eigenvalue weighted by molar-refractivity contribution is 5.67. The number of alkyl carbamates (subject to hydrolysis) is 1. The summed E-state index contributed by atoms with van der Waals surface area (Å²) in [7, 11) is 0. The van der Waals surface area contributed by atoms with Crippen LogP contribution in [0.25, 0.3) is 10.4 Å². The predicted molar refractivity (Wildman–Crippen MR) is 85.7 cm³/mol. The molecule has 0 heterocycles. The van der Waals surface area contributed by atoms with E-state index in [4.69, 9.17) is 15.0 Å². The zero-order chi connectivity index (χ0) is 16.5. The van der Waals surface area contributed by atoms with Gasteiger partial charge in [-0.3, -0.25) is 0 Å². The van der Waals surface area contributed by atoms with Crippen molar-refractivity contribution in [1.29, 1.82) is 0 Å². The Morgan fingerprint density at radius 3 is 2.87 bits per heavy atom. The van der Waals surface area contributed by atoms with Crippen molar-refractivity contribution < 1.29 is 14.3 Å². The van der Waals surface area contributed by atoms with Gasteiger partial charge in [0.2, 0.25) is 0 Å². The van der Waals surface area contributed by atoms with Gasteiger partial charge < -0.3 is 14.8 Å². The highest BCUT2D eigenvalue weighted by atomic mass is 16.5. The monoisotopic (exact) mass is 318 g/mol. The molecular weight excluding hydrogens is 296 g/mol. The first-order valence-corrected chi connectivity index (χ1v) is 7.86. The van der Waals surface area contributed by atoms with Crippen molar-refractivity contribution in [2.75, 3.05) is 6.61 Å². The number of hydrogen-bond donors (Lipinski definition) is 1. The fourth-order valence-corrected chi connectivity index (χ4v) is 2.74. The number of azide groups is 1. The molecule has 1 aromatic rings. The van der Waals surface area contributed by atoms with Crippen LogP contribution in [0.15, 0.2) is 35.4 Å². The number of nitrogens with one attached hydrogen (secondary N) is 1. The van der Waals surface area contributed by atoms with Gasteiger partial charge >= 0.3 is 6.09 Å². The second kappa shape index (κ2) is 9.02. The number of ether oxygens (including phenoxy) is 2. The third kappa shape index (κ3) is 5.47. The van der Waals surface area contributed by atoms with Crippen LogP contribution >= 0.6 is 0 Å². The van der Waals surface area contributed by atoms with E-state index < -0.39 is 6.09 Å². The van der Waals surface area contributed by atoms with Crippen molar-refractivity contribution in [3.05, 3.63) is 46.3 Å². The first-order chi connectivity index (χ1) is 11.2. The molecule has 1 aromatic carbocycles. The Balaban J connectivity index is 1.91. The SMILES string of the molecule is CCOC(=O)N[C@H]1C[C@@H](OCc2ccccc2)CC[C@@H]1N=[N+]=[N-]. The number of amides is 1. The number of rotatable bonds is 6. The molecule has 1 amide bonds. The minimum atomic E-state index is -0.487. The summed E-state index contributed by atoms with van der Waals surface area (Å²) >= 11 is 0. The highest BCUT2D eigenvalue weighted by Crippen LogP contribution is 2.25. The average Bonchev–Trinajstić information content (AvgIpc) is 2.56. The largest absolute Gasteiger partial charge is 0.450 e. The number of hydrogen-bond acceptors (Lipinski definition) is 4. The summed E-state index contributed by atoms with van der Waals surface area (Å²) in [6.45, 7) is 2.58. The van der Waals surface area contributed by atoms with Crippen molar-refractivity contribution >= 4 is 6.09 Å². The van der Waals surface area contributed by atoms with E-state index in [1.165, 1.54) is 0 Å². The molecular formula is C16H22N4O3. The summed E-state index contributed by atoms with van der Waals surface area (Å²) in [4.78, 5) is 14.5. The molecule has 1 saturated carbocycles. The van der Waals surface area contributed by atoms with Crippen LogP contribution in [-0.4, -0.2) is 30.9 Å². The lowest BCUT2D eigenvalue weighted by Gasteiger charge is -2.33. The Kier molecular flexibility index (Phi) is 6.72. The van der Waals surface area contributed by atoms with E-state index in [9.17, 15) is 4.79 Å². The standard InChI is InChI=1S/C16H22N4O3/c1-2-22-16(21)18-15-10-13(8-9-14(15)19-20-17)23-11-12-6-4-3-5-7-12/h3-7,13-15H,2,8-11H2,1H3,(H,18,21)/t13-,14-,15-/m0/s1. The molecule has 0 aliphatic heterocycles. The highest BCUT2D eigenvalue weighted by Gasteiger charge is 2.31. The number of benzene rings is 1. The molecule has 0 saturated heterocycles. The summed E-state index contributed by atoms with van der Waals surface area (Å²) in [6, 6.07) is 9.42. The van der Waals surface area contributed by atoms with Crippen molar-refractivity contribution in [3.63, 3.8) is 0 Å². The Bertz CT molecular complexity index is 546. The van der Waals surface area contributed by atoms with Gasteiger partial charge in [0, 0.05) is 11.0 Å². The van der Waals surface area contributed by atoms with Crippen LogP contribution < -0.4 is 5.32 Å². The summed E-state index contributed by atoms with van der Waals surface area (Å²) in [5, 5.41) is 6.56. The Morgan fingerprint density at radius 2 is 2.17 bits per heavy atom. The lowest BCUT2D eigenvalue weighted by molar-refractivity contribution is 0.00449. The van der Waals surface area contributed by atoms with E-state index in [0.717, 1.165) is 12.0 Å². The van der Waals surface area contributed by atoms with Gasteiger partial charge in [0.05, 0.1) is 25.4 Å². The first kappa shape index (κ1) is 17.1. The van der Waals surface area contributed by atoms with Crippen LogP contribution in [0.1, 0.15) is 31.7 Å². The molecule has 1 fully saturated rings. The second-order valence-electron chi connectivity index (χ2n) is 5.48. The van der Waals surface area contributed by atoms with E-state index in [-0.39, 0.29) is 18.2 Å². The Hall–Kier alpha value is -2.24. The van der Waals surface area contributed by atoms with E-state index in [2.05, 4.69) is 15.3 Å². The van der Waals surface area contributed by atoms with Crippen molar-refractivity contribution in [1.82, 2.24) is 5.32 Å². The molecule has 23 heavy (non-hydrogen) atoms. The lowest BCUT2D eigenvalue weighted by atomic mass is 9.88. The maximum atomic E-state index is 11.6. The zero-order valence-electron chi connectivity index (χ0n) is 13.2. The molecule has 124 valence electrons. The molecule has 1 aliphatic carbocycles. The molecule has 0 unspecified atom stereocenters.